The lowest BCUT2D eigenvalue weighted by Gasteiger charge is -2.24. The number of halogens is 3. The second-order valence-corrected chi connectivity index (χ2v) is 7.67. The minimum atomic E-state index is -4.22. The summed E-state index contributed by atoms with van der Waals surface area (Å²) in [5.41, 5.74) is 1.95. The molecule has 6 heteroatoms. The Kier molecular flexibility index (Phi) is 6.18. The summed E-state index contributed by atoms with van der Waals surface area (Å²) in [6.45, 7) is 1.96. The lowest BCUT2D eigenvalue weighted by atomic mass is 9.95. The van der Waals surface area contributed by atoms with Gasteiger partial charge in [0, 0.05) is 21.8 Å². The van der Waals surface area contributed by atoms with E-state index in [9.17, 15) is 13.2 Å². The zero-order valence-corrected chi connectivity index (χ0v) is 16.6. The maximum absolute atomic E-state index is 12.7. The zero-order chi connectivity index (χ0) is 20.2. The van der Waals surface area contributed by atoms with Crippen molar-refractivity contribution in [1.29, 1.82) is 0 Å². The fourth-order valence-electron chi connectivity index (χ4n) is 3.08. The van der Waals surface area contributed by atoms with E-state index in [0.29, 0.717) is 12.2 Å². The van der Waals surface area contributed by atoms with Crippen LogP contribution < -0.4 is 4.74 Å². The molecule has 1 unspecified atom stereocenters. The van der Waals surface area contributed by atoms with Gasteiger partial charge in [0.15, 0.2) is 0 Å². The van der Waals surface area contributed by atoms with E-state index in [1.165, 1.54) is 6.08 Å². The summed E-state index contributed by atoms with van der Waals surface area (Å²) in [5, 5.41) is 0. The standard InChI is InChI=1S/C22H22F3NOS/c1-3-21(12-7-13-22(23,24)25)15-28-19-11-10-17(27-2)14-18(19)20(26-21)16-8-5-4-6-9-16/h4-12,14H,3,13,15H2,1-2H3/b12-7-. The summed E-state index contributed by atoms with van der Waals surface area (Å²) in [6.07, 6.45) is -1.73. The van der Waals surface area contributed by atoms with Crippen LogP contribution in [0.4, 0.5) is 13.2 Å². The number of hydrogen-bond acceptors (Lipinski definition) is 3. The molecule has 2 aromatic rings. The number of ether oxygens (including phenoxy) is 1. The molecule has 3 rings (SSSR count). The fraction of sp³-hybridized carbons (Fsp3) is 0.318. The van der Waals surface area contributed by atoms with E-state index in [-0.39, 0.29) is 0 Å². The molecule has 2 aromatic carbocycles. The molecule has 2 nitrogen and oxygen atoms in total. The van der Waals surface area contributed by atoms with Gasteiger partial charge in [-0.3, -0.25) is 4.99 Å². The number of rotatable bonds is 5. The molecule has 148 valence electrons. The zero-order valence-electron chi connectivity index (χ0n) is 15.8. The minimum absolute atomic E-state index is 0.577. The van der Waals surface area contributed by atoms with Crippen LogP contribution in [0.25, 0.3) is 0 Å². The Morgan fingerprint density at radius 1 is 1.18 bits per heavy atom. The second kappa shape index (κ2) is 8.43. The van der Waals surface area contributed by atoms with Crippen molar-refractivity contribution in [2.45, 2.75) is 36.4 Å². The Morgan fingerprint density at radius 2 is 1.93 bits per heavy atom. The van der Waals surface area contributed by atoms with Crippen molar-refractivity contribution in [3.63, 3.8) is 0 Å². The summed E-state index contributed by atoms with van der Waals surface area (Å²) in [4.78, 5) is 6.06. The van der Waals surface area contributed by atoms with E-state index < -0.39 is 18.1 Å². The van der Waals surface area contributed by atoms with Gasteiger partial charge in [0.1, 0.15) is 5.75 Å². The third kappa shape index (κ3) is 4.79. The van der Waals surface area contributed by atoms with Crippen LogP contribution in [-0.4, -0.2) is 30.3 Å². The average molecular weight is 405 g/mol. The molecule has 1 aliphatic heterocycles. The molecule has 1 atom stereocenters. The van der Waals surface area contributed by atoms with Crippen molar-refractivity contribution in [3.05, 3.63) is 71.8 Å². The number of methoxy groups -OCH3 is 1. The summed E-state index contributed by atoms with van der Waals surface area (Å²) in [7, 11) is 1.61. The Labute approximate surface area is 167 Å². The van der Waals surface area contributed by atoms with Gasteiger partial charge in [-0.05, 0) is 24.6 Å². The number of thioether (sulfide) groups is 1. The predicted octanol–water partition coefficient (Wildman–Crippen LogP) is 6.30. The van der Waals surface area contributed by atoms with Crippen LogP contribution in [-0.2, 0) is 0 Å². The quantitative estimate of drug-likeness (QED) is 0.545. The smallest absolute Gasteiger partial charge is 0.392 e. The highest BCUT2D eigenvalue weighted by Gasteiger charge is 2.31. The molecule has 0 aromatic heterocycles. The Bertz CT molecular complexity index is 877. The monoisotopic (exact) mass is 405 g/mol. The third-order valence-corrected chi connectivity index (χ3v) is 6.00. The highest BCUT2D eigenvalue weighted by atomic mass is 32.2. The number of allylic oxidation sites excluding steroid dienone is 1. The average Bonchev–Trinajstić information content (AvgIpc) is 2.85. The highest BCUT2D eigenvalue weighted by Crippen LogP contribution is 2.38. The number of fused-ring (bicyclic) bond motifs is 1. The van der Waals surface area contributed by atoms with Crippen LogP contribution in [0.1, 0.15) is 30.9 Å². The topological polar surface area (TPSA) is 21.6 Å². The first-order valence-corrected chi connectivity index (χ1v) is 10.1. The summed E-state index contributed by atoms with van der Waals surface area (Å²) < 4.78 is 43.3. The first-order chi connectivity index (χ1) is 13.4. The number of benzene rings is 2. The Hall–Kier alpha value is -2.21. The molecule has 28 heavy (non-hydrogen) atoms. The van der Waals surface area contributed by atoms with Crippen LogP contribution in [0, 0.1) is 0 Å². The summed E-state index contributed by atoms with van der Waals surface area (Å²) in [6, 6.07) is 15.6. The maximum Gasteiger partial charge on any atom is 0.392 e. The first kappa shape index (κ1) is 20.5. The van der Waals surface area contributed by atoms with Crippen LogP contribution in [0.15, 0.2) is 70.6 Å². The van der Waals surface area contributed by atoms with Gasteiger partial charge >= 0.3 is 6.18 Å². The van der Waals surface area contributed by atoms with Crippen molar-refractivity contribution in [3.8, 4) is 5.75 Å². The Balaban J connectivity index is 2.12. The van der Waals surface area contributed by atoms with Gasteiger partial charge in [0.05, 0.1) is 24.8 Å². The van der Waals surface area contributed by atoms with Crippen LogP contribution in [0.5, 0.6) is 5.75 Å². The van der Waals surface area contributed by atoms with Crippen molar-refractivity contribution < 1.29 is 17.9 Å². The normalized spacial score (nSPS) is 19.8. The molecule has 0 saturated heterocycles. The van der Waals surface area contributed by atoms with E-state index in [1.807, 2.05) is 55.5 Å². The number of hydrogen-bond donors (Lipinski definition) is 0. The molecule has 0 radical (unpaired) electrons. The molecule has 0 bridgehead atoms. The first-order valence-electron chi connectivity index (χ1n) is 9.07. The van der Waals surface area contributed by atoms with E-state index >= 15 is 0 Å². The minimum Gasteiger partial charge on any atom is -0.497 e. The number of alkyl halides is 3. The second-order valence-electron chi connectivity index (χ2n) is 6.66. The fourth-order valence-corrected chi connectivity index (χ4v) is 4.32. The van der Waals surface area contributed by atoms with Crippen molar-refractivity contribution in [2.75, 3.05) is 12.9 Å². The van der Waals surface area contributed by atoms with Gasteiger partial charge in [-0.2, -0.15) is 13.2 Å². The lowest BCUT2D eigenvalue weighted by Crippen LogP contribution is -2.27. The molecule has 0 aliphatic carbocycles. The van der Waals surface area contributed by atoms with E-state index in [1.54, 1.807) is 24.9 Å². The molecule has 0 N–H and O–H groups in total. The number of aliphatic imine (C=N–C) groups is 1. The largest absolute Gasteiger partial charge is 0.497 e. The van der Waals surface area contributed by atoms with Crippen LogP contribution in [0.3, 0.4) is 0 Å². The molecule has 0 fully saturated rings. The third-order valence-electron chi connectivity index (χ3n) is 4.69. The van der Waals surface area contributed by atoms with Gasteiger partial charge in [-0.1, -0.05) is 49.4 Å². The van der Waals surface area contributed by atoms with Gasteiger partial charge in [0.2, 0.25) is 0 Å². The van der Waals surface area contributed by atoms with Gasteiger partial charge in [-0.25, -0.2) is 0 Å². The van der Waals surface area contributed by atoms with E-state index in [2.05, 4.69) is 0 Å². The predicted molar refractivity (Wildman–Crippen MR) is 109 cm³/mol. The summed E-state index contributed by atoms with van der Waals surface area (Å²) in [5.74, 6) is 1.30. The molecule has 0 spiro atoms. The number of nitrogens with zero attached hydrogens (tertiary/aromatic N) is 1. The highest BCUT2D eigenvalue weighted by molar-refractivity contribution is 7.99. The van der Waals surface area contributed by atoms with Crippen molar-refractivity contribution in [2.24, 2.45) is 4.99 Å². The van der Waals surface area contributed by atoms with Gasteiger partial charge in [-0.15, -0.1) is 11.8 Å². The SMILES string of the molecule is CCC1(/C=C\CC(F)(F)F)CSc2ccc(OC)cc2C(c2ccccc2)=N1. The van der Waals surface area contributed by atoms with Crippen molar-refractivity contribution in [1.82, 2.24) is 0 Å². The van der Waals surface area contributed by atoms with E-state index in [0.717, 1.165) is 27.5 Å². The van der Waals surface area contributed by atoms with Gasteiger partial charge in [0.25, 0.3) is 0 Å². The molecule has 1 heterocycles. The maximum atomic E-state index is 12.7. The van der Waals surface area contributed by atoms with Crippen LogP contribution >= 0.6 is 11.8 Å². The molecular weight excluding hydrogens is 383 g/mol. The summed E-state index contributed by atoms with van der Waals surface area (Å²) >= 11 is 1.61. The Morgan fingerprint density at radius 3 is 2.57 bits per heavy atom. The molecule has 0 saturated carbocycles. The molecule has 0 amide bonds. The van der Waals surface area contributed by atoms with E-state index in [4.69, 9.17) is 9.73 Å². The molecular formula is C22H22F3NOS. The van der Waals surface area contributed by atoms with Crippen molar-refractivity contribution >= 4 is 17.5 Å². The molecule has 1 aliphatic rings. The lowest BCUT2D eigenvalue weighted by molar-refractivity contribution is -0.125. The van der Waals surface area contributed by atoms with Crippen LogP contribution in [0.2, 0.25) is 0 Å². The van der Waals surface area contributed by atoms with Gasteiger partial charge < -0.3 is 4.74 Å².